The molecule has 162 valence electrons. The Kier molecular flexibility index (Phi) is 6.72. The van der Waals surface area contributed by atoms with Crippen LogP contribution in [0.3, 0.4) is 0 Å². The standard InChI is InChI=1S/C25H21ClFN3OS/c1-15-11-22-23(12-16(15)2)30-25(13-21(28-22)17-7-9-18(27)10-8-17)32-14-24(31)29-20-6-4-3-5-19(20)26/h3-12H,13-14H2,1-2H3,(H,29,31). The summed E-state index contributed by atoms with van der Waals surface area (Å²) in [6.45, 7) is 4.07. The van der Waals surface area contributed by atoms with Gasteiger partial charge in [0.2, 0.25) is 5.91 Å². The molecule has 0 spiro atoms. The fraction of sp³-hybridized carbons (Fsp3) is 0.160. The van der Waals surface area contributed by atoms with Crippen molar-refractivity contribution in [1.82, 2.24) is 0 Å². The number of halogens is 2. The minimum absolute atomic E-state index is 0.171. The number of thioether (sulfide) groups is 1. The van der Waals surface area contributed by atoms with E-state index in [0.717, 1.165) is 38.8 Å². The number of rotatable bonds is 4. The van der Waals surface area contributed by atoms with E-state index in [1.54, 1.807) is 24.3 Å². The molecule has 0 unspecified atom stereocenters. The van der Waals surface area contributed by atoms with Gasteiger partial charge in [-0.05, 0) is 66.9 Å². The summed E-state index contributed by atoms with van der Waals surface area (Å²) in [5.41, 5.74) is 5.96. The van der Waals surface area contributed by atoms with Gasteiger partial charge < -0.3 is 5.32 Å². The number of para-hydroxylation sites is 1. The number of benzene rings is 3. The number of carbonyl (C=O) groups is 1. The van der Waals surface area contributed by atoms with Crippen LogP contribution in [0.15, 0.2) is 70.6 Å². The summed E-state index contributed by atoms with van der Waals surface area (Å²) in [7, 11) is 0. The molecule has 1 amide bonds. The van der Waals surface area contributed by atoms with Gasteiger partial charge in [-0.1, -0.05) is 35.9 Å². The van der Waals surface area contributed by atoms with Crippen LogP contribution in [0, 0.1) is 19.7 Å². The molecular formula is C25H21ClFN3OS. The second kappa shape index (κ2) is 9.67. The predicted octanol–water partition coefficient (Wildman–Crippen LogP) is 7.02. The molecule has 1 aliphatic rings. The molecule has 3 aromatic carbocycles. The van der Waals surface area contributed by atoms with Crippen LogP contribution in [-0.4, -0.2) is 22.4 Å². The second-order valence-corrected chi connectivity index (χ2v) is 8.95. The Morgan fingerprint density at radius 1 is 1.03 bits per heavy atom. The molecule has 0 radical (unpaired) electrons. The molecule has 0 fully saturated rings. The zero-order chi connectivity index (χ0) is 22.7. The quantitative estimate of drug-likeness (QED) is 0.450. The van der Waals surface area contributed by atoms with Crippen LogP contribution in [0.4, 0.5) is 21.5 Å². The van der Waals surface area contributed by atoms with Crippen LogP contribution in [0.5, 0.6) is 0 Å². The van der Waals surface area contributed by atoms with E-state index in [4.69, 9.17) is 21.6 Å². The second-order valence-electron chi connectivity index (χ2n) is 7.49. The smallest absolute Gasteiger partial charge is 0.234 e. The van der Waals surface area contributed by atoms with E-state index >= 15 is 0 Å². The van der Waals surface area contributed by atoms with Crippen molar-refractivity contribution in [3.05, 3.63) is 88.2 Å². The van der Waals surface area contributed by atoms with E-state index in [-0.39, 0.29) is 17.5 Å². The zero-order valence-corrected chi connectivity index (χ0v) is 19.2. The lowest BCUT2D eigenvalue weighted by atomic mass is 10.1. The summed E-state index contributed by atoms with van der Waals surface area (Å²) in [5, 5.41) is 4.09. The molecule has 1 N–H and O–H groups in total. The molecule has 3 aromatic rings. The molecule has 7 heteroatoms. The third-order valence-corrected chi connectivity index (χ3v) is 6.41. The Hall–Kier alpha value is -2.96. The SMILES string of the molecule is Cc1cc2c(cc1C)N=C(c1ccc(F)cc1)CC(SCC(=O)Nc1ccccc1Cl)=N2. The van der Waals surface area contributed by atoms with E-state index in [1.165, 1.54) is 23.9 Å². The zero-order valence-electron chi connectivity index (χ0n) is 17.7. The van der Waals surface area contributed by atoms with Crippen molar-refractivity contribution in [2.75, 3.05) is 11.1 Å². The maximum atomic E-state index is 13.4. The van der Waals surface area contributed by atoms with Gasteiger partial charge in [0.1, 0.15) is 5.82 Å². The van der Waals surface area contributed by atoms with Gasteiger partial charge in [0, 0.05) is 6.42 Å². The topological polar surface area (TPSA) is 53.8 Å². The third kappa shape index (κ3) is 5.26. The summed E-state index contributed by atoms with van der Waals surface area (Å²) in [5.74, 6) is -0.286. The largest absolute Gasteiger partial charge is 0.324 e. The highest BCUT2D eigenvalue weighted by atomic mass is 35.5. The Labute approximate surface area is 195 Å². The Morgan fingerprint density at radius 3 is 2.38 bits per heavy atom. The van der Waals surface area contributed by atoms with E-state index in [9.17, 15) is 9.18 Å². The fourth-order valence-electron chi connectivity index (χ4n) is 3.26. The number of aliphatic imine (C=N–C) groups is 2. The minimum atomic E-state index is -0.297. The van der Waals surface area contributed by atoms with Gasteiger partial charge in [-0.25, -0.2) is 9.38 Å². The first-order chi connectivity index (χ1) is 15.4. The van der Waals surface area contributed by atoms with E-state index in [0.29, 0.717) is 17.1 Å². The Morgan fingerprint density at radius 2 is 1.69 bits per heavy atom. The van der Waals surface area contributed by atoms with Crippen LogP contribution in [0.2, 0.25) is 5.02 Å². The number of fused-ring (bicyclic) bond motifs is 1. The summed E-state index contributed by atoms with van der Waals surface area (Å²) < 4.78 is 13.4. The lowest BCUT2D eigenvalue weighted by molar-refractivity contribution is -0.113. The first-order valence-corrected chi connectivity index (χ1v) is 11.4. The van der Waals surface area contributed by atoms with Crippen LogP contribution < -0.4 is 5.32 Å². The number of hydrogen-bond donors (Lipinski definition) is 1. The monoisotopic (exact) mass is 465 g/mol. The molecule has 0 saturated carbocycles. The molecule has 4 nitrogen and oxygen atoms in total. The van der Waals surface area contributed by atoms with Gasteiger partial charge in [0.15, 0.2) is 0 Å². The van der Waals surface area contributed by atoms with Crippen molar-refractivity contribution in [2.24, 2.45) is 9.98 Å². The first kappa shape index (κ1) is 22.2. The molecule has 0 aromatic heterocycles. The normalized spacial score (nSPS) is 13.0. The third-order valence-electron chi connectivity index (χ3n) is 5.11. The molecule has 1 aliphatic heterocycles. The summed E-state index contributed by atoms with van der Waals surface area (Å²) in [6.07, 6.45) is 0.447. The van der Waals surface area contributed by atoms with Crippen LogP contribution in [0.1, 0.15) is 23.1 Å². The molecule has 0 atom stereocenters. The van der Waals surface area contributed by atoms with Crippen LogP contribution in [0.25, 0.3) is 0 Å². The Bertz CT molecular complexity index is 1240. The number of anilines is 1. The molecule has 32 heavy (non-hydrogen) atoms. The van der Waals surface area contributed by atoms with E-state index in [1.807, 2.05) is 38.1 Å². The van der Waals surface area contributed by atoms with Crippen molar-refractivity contribution in [1.29, 1.82) is 0 Å². The highest BCUT2D eigenvalue weighted by molar-refractivity contribution is 8.14. The average molecular weight is 466 g/mol. The molecular weight excluding hydrogens is 445 g/mol. The Balaban J connectivity index is 1.59. The highest BCUT2D eigenvalue weighted by Gasteiger charge is 2.18. The van der Waals surface area contributed by atoms with Crippen molar-refractivity contribution in [2.45, 2.75) is 20.3 Å². The number of nitrogens with zero attached hydrogens (tertiary/aromatic N) is 2. The molecule has 1 heterocycles. The highest BCUT2D eigenvalue weighted by Crippen LogP contribution is 2.36. The van der Waals surface area contributed by atoms with E-state index in [2.05, 4.69) is 5.32 Å². The predicted molar refractivity (Wildman–Crippen MR) is 133 cm³/mol. The van der Waals surface area contributed by atoms with Crippen molar-refractivity contribution in [3.8, 4) is 0 Å². The number of carbonyl (C=O) groups excluding carboxylic acids is 1. The summed E-state index contributed by atoms with van der Waals surface area (Å²) in [6, 6.07) is 17.4. The van der Waals surface area contributed by atoms with Gasteiger partial charge in [0.25, 0.3) is 0 Å². The molecule has 4 rings (SSSR count). The van der Waals surface area contributed by atoms with Crippen molar-refractivity contribution >= 4 is 57.1 Å². The lowest BCUT2D eigenvalue weighted by Gasteiger charge is -2.09. The van der Waals surface area contributed by atoms with Gasteiger partial charge in [-0.3, -0.25) is 9.79 Å². The van der Waals surface area contributed by atoms with Crippen molar-refractivity contribution < 1.29 is 9.18 Å². The van der Waals surface area contributed by atoms with Gasteiger partial charge in [-0.15, -0.1) is 11.8 Å². The van der Waals surface area contributed by atoms with Crippen LogP contribution in [-0.2, 0) is 4.79 Å². The van der Waals surface area contributed by atoms with Gasteiger partial charge in [-0.2, -0.15) is 0 Å². The maximum absolute atomic E-state index is 13.4. The van der Waals surface area contributed by atoms with Crippen LogP contribution >= 0.6 is 23.4 Å². The summed E-state index contributed by atoms with van der Waals surface area (Å²) >= 11 is 7.49. The number of hydrogen-bond acceptors (Lipinski definition) is 4. The van der Waals surface area contributed by atoms with Crippen molar-refractivity contribution in [3.63, 3.8) is 0 Å². The maximum Gasteiger partial charge on any atom is 0.234 e. The average Bonchev–Trinajstić information content (AvgIpc) is 2.94. The van der Waals surface area contributed by atoms with E-state index < -0.39 is 0 Å². The molecule has 0 bridgehead atoms. The summed E-state index contributed by atoms with van der Waals surface area (Å²) in [4.78, 5) is 22.2. The van der Waals surface area contributed by atoms with Gasteiger partial charge in [0.05, 0.1) is 38.6 Å². The first-order valence-electron chi connectivity index (χ1n) is 10.1. The number of nitrogens with one attached hydrogen (secondary N) is 1. The minimum Gasteiger partial charge on any atom is -0.324 e. The number of aryl methyl sites for hydroxylation is 2. The lowest BCUT2D eigenvalue weighted by Crippen LogP contribution is -2.16. The van der Waals surface area contributed by atoms with Gasteiger partial charge >= 0.3 is 0 Å². The fourth-order valence-corrected chi connectivity index (χ4v) is 4.21. The molecule has 0 saturated heterocycles. The molecule has 0 aliphatic carbocycles. The number of amides is 1.